The Morgan fingerprint density at radius 3 is 2.31 bits per heavy atom. The SMILES string of the molecule is CNC(=O)[C@H](F)C[C@H](N)C(=O)OC(C)(C)C. The first-order chi connectivity index (χ1) is 7.17. The highest BCUT2D eigenvalue weighted by molar-refractivity contribution is 5.82. The standard InChI is InChI=1S/C10H19FN2O3/c1-10(2,3)16-9(15)7(12)5-6(11)8(14)13-4/h6-7H,5,12H2,1-4H3,(H,13,14)/t6-,7+/m1/s1. The fourth-order valence-corrected chi connectivity index (χ4v) is 0.960. The number of hydrogen-bond donors (Lipinski definition) is 2. The second-order valence-corrected chi connectivity index (χ2v) is 4.46. The molecule has 5 nitrogen and oxygen atoms in total. The minimum absolute atomic E-state index is 0.380. The van der Waals surface area contributed by atoms with Gasteiger partial charge in [0.15, 0.2) is 6.17 Å². The molecule has 0 heterocycles. The minimum Gasteiger partial charge on any atom is -0.459 e. The summed E-state index contributed by atoms with van der Waals surface area (Å²) >= 11 is 0. The average Bonchev–Trinajstić information content (AvgIpc) is 2.13. The molecule has 0 aromatic rings. The van der Waals surface area contributed by atoms with E-state index in [0.29, 0.717) is 0 Å². The summed E-state index contributed by atoms with van der Waals surface area (Å²) in [7, 11) is 1.31. The lowest BCUT2D eigenvalue weighted by Gasteiger charge is -2.22. The van der Waals surface area contributed by atoms with Gasteiger partial charge in [0.25, 0.3) is 5.91 Å². The number of nitrogens with two attached hydrogens (primary N) is 1. The van der Waals surface area contributed by atoms with Crippen LogP contribution in [0.5, 0.6) is 0 Å². The number of nitrogens with one attached hydrogen (secondary N) is 1. The van der Waals surface area contributed by atoms with E-state index in [9.17, 15) is 14.0 Å². The Labute approximate surface area is 94.5 Å². The van der Waals surface area contributed by atoms with Crippen LogP contribution in [0.2, 0.25) is 0 Å². The van der Waals surface area contributed by atoms with Gasteiger partial charge in [0.2, 0.25) is 0 Å². The Morgan fingerprint density at radius 1 is 1.44 bits per heavy atom. The third-order valence-corrected chi connectivity index (χ3v) is 1.70. The number of carbonyl (C=O) groups excluding carboxylic acids is 2. The predicted octanol–water partition coefficient (Wildman–Crippen LogP) is 0.130. The second kappa shape index (κ2) is 5.79. The van der Waals surface area contributed by atoms with Gasteiger partial charge in [-0.1, -0.05) is 0 Å². The van der Waals surface area contributed by atoms with Gasteiger partial charge in [-0.3, -0.25) is 9.59 Å². The molecule has 0 rings (SSSR count). The van der Waals surface area contributed by atoms with Gasteiger partial charge >= 0.3 is 5.97 Å². The number of ether oxygens (including phenoxy) is 1. The lowest BCUT2D eigenvalue weighted by Crippen LogP contribution is -2.41. The molecule has 0 aromatic heterocycles. The summed E-state index contributed by atoms with van der Waals surface area (Å²) in [6.07, 6.45) is -2.18. The monoisotopic (exact) mass is 234 g/mol. The largest absolute Gasteiger partial charge is 0.459 e. The van der Waals surface area contributed by atoms with E-state index in [1.807, 2.05) is 0 Å². The molecule has 94 valence electrons. The van der Waals surface area contributed by atoms with Crippen molar-refractivity contribution in [2.24, 2.45) is 5.73 Å². The predicted molar refractivity (Wildman–Crippen MR) is 57.4 cm³/mol. The van der Waals surface area contributed by atoms with Crippen molar-refractivity contribution in [2.75, 3.05) is 7.05 Å². The van der Waals surface area contributed by atoms with Gasteiger partial charge in [-0.15, -0.1) is 0 Å². The summed E-state index contributed by atoms with van der Waals surface area (Å²) in [5.74, 6) is -1.50. The van der Waals surface area contributed by atoms with E-state index in [0.717, 1.165) is 0 Å². The van der Waals surface area contributed by atoms with Gasteiger partial charge < -0.3 is 15.8 Å². The van der Waals surface area contributed by atoms with Crippen LogP contribution in [-0.2, 0) is 14.3 Å². The van der Waals surface area contributed by atoms with Crippen molar-refractivity contribution in [1.29, 1.82) is 0 Å². The zero-order valence-corrected chi connectivity index (χ0v) is 10.0. The lowest BCUT2D eigenvalue weighted by molar-refractivity contribution is -0.157. The van der Waals surface area contributed by atoms with E-state index in [4.69, 9.17) is 10.5 Å². The number of rotatable bonds is 4. The molecule has 3 N–H and O–H groups in total. The summed E-state index contributed by atoms with van der Waals surface area (Å²) in [6.45, 7) is 5.05. The Balaban J connectivity index is 4.21. The summed E-state index contributed by atoms with van der Waals surface area (Å²) in [4.78, 5) is 22.2. The van der Waals surface area contributed by atoms with Crippen LogP contribution in [0.3, 0.4) is 0 Å². The molecule has 2 atom stereocenters. The van der Waals surface area contributed by atoms with E-state index in [1.54, 1.807) is 20.8 Å². The molecule has 0 aromatic carbocycles. The van der Waals surface area contributed by atoms with E-state index >= 15 is 0 Å². The Morgan fingerprint density at radius 2 is 1.94 bits per heavy atom. The highest BCUT2D eigenvalue weighted by atomic mass is 19.1. The highest BCUT2D eigenvalue weighted by Crippen LogP contribution is 2.10. The van der Waals surface area contributed by atoms with Crippen LogP contribution in [0.4, 0.5) is 4.39 Å². The molecule has 6 heteroatoms. The topological polar surface area (TPSA) is 81.4 Å². The Bertz CT molecular complexity index is 263. The van der Waals surface area contributed by atoms with Crippen LogP contribution < -0.4 is 11.1 Å². The van der Waals surface area contributed by atoms with Crippen LogP contribution in [-0.4, -0.2) is 36.7 Å². The number of alkyl halides is 1. The lowest BCUT2D eigenvalue weighted by atomic mass is 10.1. The molecule has 1 amide bonds. The van der Waals surface area contributed by atoms with Crippen LogP contribution in [0.1, 0.15) is 27.2 Å². The number of hydrogen-bond acceptors (Lipinski definition) is 4. The van der Waals surface area contributed by atoms with Gasteiger partial charge in [-0.05, 0) is 20.8 Å². The molecule has 0 unspecified atom stereocenters. The first kappa shape index (κ1) is 14.8. The van der Waals surface area contributed by atoms with Crippen LogP contribution in [0.15, 0.2) is 0 Å². The van der Waals surface area contributed by atoms with Crippen molar-refractivity contribution >= 4 is 11.9 Å². The molecule has 0 fully saturated rings. The van der Waals surface area contributed by atoms with Crippen LogP contribution >= 0.6 is 0 Å². The smallest absolute Gasteiger partial charge is 0.323 e. The van der Waals surface area contributed by atoms with Crippen molar-refractivity contribution in [3.8, 4) is 0 Å². The van der Waals surface area contributed by atoms with Gasteiger partial charge in [-0.25, -0.2) is 4.39 Å². The maximum atomic E-state index is 13.1. The maximum absolute atomic E-state index is 13.1. The van der Waals surface area contributed by atoms with Gasteiger partial charge in [-0.2, -0.15) is 0 Å². The zero-order chi connectivity index (χ0) is 12.9. The third-order valence-electron chi connectivity index (χ3n) is 1.70. The van der Waals surface area contributed by atoms with Crippen LogP contribution in [0, 0.1) is 0 Å². The zero-order valence-electron chi connectivity index (χ0n) is 10.0. The molecule has 0 radical (unpaired) electrons. The first-order valence-corrected chi connectivity index (χ1v) is 5.01. The van der Waals surface area contributed by atoms with E-state index in [1.165, 1.54) is 7.05 Å². The average molecular weight is 234 g/mol. The molecule has 0 aliphatic carbocycles. The summed E-state index contributed by atoms with van der Waals surface area (Å²) in [6, 6.07) is -1.13. The fraction of sp³-hybridized carbons (Fsp3) is 0.800. The highest BCUT2D eigenvalue weighted by Gasteiger charge is 2.27. The van der Waals surface area contributed by atoms with Crippen molar-refractivity contribution in [2.45, 2.75) is 45.0 Å². The molecule has 0 aliphatic rings. The molecule has 16 heavy (non-hydrogen) atoms. The Kier molecular flexibility index (Phi) is 5.37. The molecule has 0 saturated heterocycles. The third kappa shape index (κ3) is 5.65. The fourth-order valence-electron chi connectivity index (χ4n) is 0.960. The van der Waals surface area contributed by atoms with E-state index in [2.05, 4.69) is 5.32 Å². The quantitative estimate of drug-likeness (QED) is 0.677. The first-order valence-electron chi connectivity index (χ1n) is 5.01. The van der Waals surface area contributed by atoms with E-state index in [-0.39, 0.29) is 6.42 Å². The van der Waals surface area contributed by atoms with E-state index < -0.39 is 29.7 Å². The van der Waals surface area contributed by atoms with Gasteiger partial charge in [0, 0.05) is 13.5 Å². The van der Waals surface area contributed by atoms with Gasteiger partial charge in [0.05, 0.1) is 0 Å². The summed E-state index contributed by atoms with van der Waals surface area (Å²) < 4.78 is 18.1. The molecule has 0 bridgehead atoms. The molecule has 0 spiro atoms. The number of carbonyl (C=O) groups is 2. The Hall–Kier alpha value is -1.17. The van der Waals surface area contributed by atoms with Crippen molar-refractivity contribution < 1.29 is 18.7 Å². The normalized spacial score (nSPS) is 15.1. The molecule has 0 aliphatic heterocycles. The second-order valence-electron chi connectivity index (χ2n) is 4.46. The molecular weight excluding hydrogens is 215 g/mol. The van der Waals surface area contributed by atoms with Crippen molar-refractivity contribution in [1.82, 2.24) is 5.32 Å². The van der Waals surface area contributed by atoms with Crippen LogP contribution in [0.25, 0.3) is 0 Å². The van der Waals surface area contributed by atoms with Crippen molar-refractivity contribution in [3.63, 3.8) is 0 Å². The maximum Gasteiger partial charge on any atom is 0.323 e. The summed E-state index contributed by atoms with van der Waals surface area (Å²) in [5.41, 5.74) is 4.75. The summed E-state index contributed by atoms with van der Waals surface area (Å²) in [5, 5.41) is 2.14. The minimum atomic E-state index is -1.80. The van der Waals surface area contributed by atoms with Gasteiger partial charge in [0.1, 0.15) is 11.6 Å². The number of halogens is 1. The molecular formula is C10H19FN2O3. The number of esters is 1. The molecule has 0 saturated carbocycles. The number of amides is 1. The van der Waals surface area contributed by atoms with Crippen molar-refractivity contribution in [3.05, 3.63) is 0 Å².